The molecule has 0 aliphatic rings. The summed E-state index contributed by atoms with van der Waals surface area (Å²) in [4.78, 5) is 19.1. The van der Waals surface area contributed by atoms with E-state index in [9.17, 15) is 9.90 Å². The second-order valence-electron chi connectivity index (χ2n) is 4.49. The Morgan fingerprint density at radius 2 is 2.10 bits per heavy atom. The molecule has 0 unspecified atom stereocenters. The van der Waals surface area contributed by atoms with E-state index in [2.05, 4.69) is 9.97 Å². The average Bonchev–Trinajstić information content (AvgIpc) is 2.38. The molecule has 0 radical (unpaired) electrons. The first-order chi connectivity index (χ1) is 9.88. The van der Waals surface area contributed by atoms with Crippen LogP contribution in [0.5, 0.6) is 5.75 Å². The molecule has 0 aliphatic heterocycles. The summed E-state index contributed by atoms with van der Waals surface area (Å²) in [5.41, 5.74) is 6.97. The van der Waals surface area contributed by atoms with Crippen molar-refractivity contribution in [3.63, 3.8) is 0 Å². The summed E-state index contributed by atoms with van der Waals surface area (Å²) >= 11 is 5.94. The third-order valence-electron chi connectivity index (χ3n) is 2.90. The van der Waals surface area contributed by atoms with Crippen molar-refractivity contribution in [3.05, 3.63) is 45.7 Å². The summed E-state index contributed by atoms with van der Waals surface area (Å²) < 4.78 is 5.56. The number of carboxylic acid groups (broad SMARTS) is 1. The minimum Gasteiger partial charge on any atom is -0.487 e. The van der Waals surface area contributed by atoms with E-state index in [1.54, 1.807) is 25.1 Å². The largest absolute Gasteiger partial charge is 0.487 e. The number of aromatic carboxylic acids is 1. The number of benzene rings is 1. The number of aryl methyl sites for hydroxylation is 2. The van der Waals surface area contributed by atoms with Crippen molar-refractivity contribution < 1.29 is 14.6 Å². The second-order valence-corrected chi connectivity index (χ2v) is 4.90. The van der Waals surface area contributed by atoms with Crippen LogP contribution in [0.1, 0.15) is 27.3 Å². The van der Waals surface area contributed by atoms with Gasteiger partial charge >= 0.3 is 5.97 Å². The minimum atomic E-state index is -1.11. The zero-order valence-electron chi connectivity index (χ0n) is 11.6. The predicted octanol–water partition coefficient (Wildman–Crippen LogP) is 2.61. The van der Waals surface area contributed by atoms with Gasteiger partial charge in [0.05, 0.1) is 11.4 Å². The van der Waals surface area contributed by atoms with E-state index in [-0.39, 0.29) is 23.8 Å². The lowest BCUT2D eigenvalue weighted by molar-refractivity contribution is 0.0691. The third kappa shape index (κ3) is 3.41. The van der Waals surface area contributed by atoms with E-state index >= 15 is 0 Å². The maximum Gasteiger partial charge on any atom is 0.339 e. The topological polar surface area (TPSA) is 98.3 Å². The lowest BCUT2D eigenvalue weighted by Gasteiger charge is -2.11. The number of hydrogen-bond acceptors (Lipinski definition) is 5. The van der Waals surface area contributed by atoms with E-state index in [0.717, 1.165) is 5.56 Å². The number of halogens is 1. The monoisotopic (exact) mass is 307 g/mol. The second kappa shape index (κ2) is 5.97. The number of ether oxygens (including phenoxy) is 1. The van der Waals surface area contributed by atoms with Crippen molar-refractivity contribution in [2.75, 3.05) is 5.73 Å². The Morgan fingerprint density at radius 3 is 2.71 bits per heavy atom. The van der Waals surface area contributed by atoms with Gasteiger partial charge in [0.15, 0.2) is 0 Å². The smallest absolute Gasteiger partial charge is 0.339 e. The van der Waals surface area contributed by atoms with Gasteiger partial charge in [0.2, 0.25) is 5.95 Å². The Hall–Kier alpha value is -2.34. The summed E-state index contributed by atoms with van der Waals surface area (Å²) in [6, 6.07) is 5.18. The number of hydrogen-bond donors (Lipinski definition) is 2. The van der Waals surface area contributed by atoms with Gasteiger partial charge in [-0.3, -0.25) is 0 Å². The van der Waals surface area contributed by atoms with E-state index in [1.165, 1.54) is 0 Å². The van der Waals surface area contributed by atoms with Gasteiger partial charge in [-0.2, -0.15) is 0 Å². The standard InChI is InChI=1S/C14H14ClN3O3/c1-7-5-9(3-4-10(7)15)21-6-11-12(13(19)20)8(2)17-14(16)18-11/h3-5H,6H2,1-2H3,(H,19,20)(H2,16,17,18). The number of nitrogens with zero attached hydrogens (tertiary/aromatic N) is 2. The van der Waals surface area contributed by atoms with Gasteiger partial charge in [0, 0.05) is 5.02 Å². The molecule has 1 heterocycles. The van der Waals surface area contributed by atoms with Gasteiger partial charge < -0.3 is 15.6 Å². The van der Waals surface area contributed by atoms with Gasteiger partial charge in [-0.15, -0.1) is 0 Å². The molecule has 21 heavy (non-hydrogen) atoms. The molecule has 0 fully saturated rings. The molecular weight excluding hydrogens is 294 g/mol. The van der Waals surface area contributed by atoms with Gasteiger partial charge in [-0.25, -0.2) is 14.8 Å². The molecule has 0 aliphatic carbocycles. The molecule has 7 heteroatoms. The zero-order chi connectivity index (χ0) is 15.6. The fraction of sp³-hybridized carbons (Fsp3) is 0.214. The number of nitrogens with two attached hydrogens (primary N) is 1. The van der Waals surface area contributed by atoms with Gasteiger partial charge in [0.25, 0.3) is 0 Å². The Kier molecular flexibility index (Phi) is 4.28. The molecule has 0 bridgehead atoms. The van der Waals surface area contributed by atoms with Crippen molar-refractivity contribution in [1.29, 1.82) is 0 Å². The van der Waals surface area contributed by atoms with E-state index in [1.807, 2.05) is 6.92 Å². The molecular formula is C14H14ClN3O3. The fourth-order valence-electron chi connectivity index (χ4n) is 1.90. The number of aromatic nitrogens is 2. The fourth-order valence-corrected chi connectivity index (χ4v) is 2.01. The van der Waals surface area contributed by atoms with Crippen molar-refractivity contribution in [2.45, 2.75) is 20.5 Å². The lowest BCUT2D eigenvalue weighted by Crippen LogP contribution is -2.14. The maximum absolute atomic E-state index is 11.3. The Bertz CT molecular complexity index is 704. The van der Waals surface area contributed by atoms with Crippen LogP contribution in [0.3, 0.4) is 0 Å². The van der Waals surface area contributed by atoms with Crippen molar-refractivity contribution in [3.8, 4) is 5.75 Å². The summed E-state index contributed by atoms with van der Waals surface area (Å²) in [7, 11) is 0. The lowest BCUT2D eigenvalue weighted by atomic mass is 10.1. The summed E-state index contributed by atoms with van der Waals surface area (Å²) in [6.07, 6.45) is 0. The van der Waals surface area contributed by atoms with Gasteiger partial charge in [0.1, 0.15) is 17.9 Å². The third-order valence-corrected chi connectivity index (χ3v) is 3.33. The molecule has 0 saturated heterocycles. The van der Waals surface area contributed by atoms with Crippen LogP contribution in [0.15, 0.2) is 18.2 Å². The van der Waals surface area contributed by atoms with Crippen LogP contribution in [0.4, 0.5) is 5.95 Å². The Morgan fingerprint density at radius 1 is 1.38 bits per heavy atom. The highest BCUT2D eigenvalue weighted by Crippen LogP contribution is 2.22. The summed E-state index contributed by atoms with van der Waals surface area (Å²) in [5, 5.41) is 9.86. The highest BCUT2D eigenvalue weighted by atomic mass is 35.5. The molecule has 2 rings (SSSR count). The molecule has 6 nitrogen and oxygen atoms in total. The zero-order valence-corrected chi connectivity index (χ0v) is 12.3. The molecule has 110 valence electrons. The van der Waals surface area contributed by atoms with Crippen LogP contribution < -0.4 is 10.5 Å². The van der Waals surface area contributed by atoms with Crippen molar-refractivity contribution in [1.82, 2.24) is 9.97 Å². The molecule has 1 aromatic carbocycles. The SMILES string of the molecule is Cc1cc(OCc2nc(N)nc(C)c2C(=O)O)ccc1Cl. The van der Waals surface area contributed by atoms with Crippen LogP contribution in [0, 0.1) is 13.8 Å². The first-order valence-corrected chi connectivity index (χ1v) is 6.51. The molecule has 0 saturated carbocycles. The van der Waals surface area contributed by atoms with Gasteiger partial charge in [-0.1, -0.05) is 11.6 Å². The quantitative estimate of drug-likeness (QED) is 0.901. The Labute approximate surface area is 126 Å². The predicted molar refractivity (Wildman–Crippen MR) is 78.7 cm³/mol. The molecule has 0 spiro atoms. The number of carboxylic acids is 1. The highest BCUT2D eigenvalue weighted by Gasteiger charge is 2.17. The van der Waals surface area contributed by atoms with E-state index in [4.69, 9.17) is 22.1 Å². The molecule has 3 N–H and O–H groups in total. The first kappa shape index (κ1) is 15.1. The van der Waals surface area contributed by atoms with Crippen molar-refractivity contribution >= 4 is 23.5 Å². The summed E-state index contributed by atoms with van der Waals surface area (Å²) in [6.45, 7) is 3.40. The normalized spacial score (nSPS) is 10.4. The number of rotatable bonds is 4. The Balaban J connectivity index is 2.27. The number of anilines is 1. The molecule has 0 amide bonds. The number of carbonyl (C=O) groups is 1. The molecule has 0 atom stereocenters. The molecule has 2 aromatic rings. The highest BCUT2D eigenvalue weighted by molar-refractivity contribution is 6.31. The van der Waals surface area contributed by atoms with E-state index < -0.39 is 5.97 Å². The molecule has 1 aromatic heterocycles. The van der Waals surface area contributed by atoms with Crippen LogP contribution in [0.2, 0.25) is 5.02 Å². The van der Waals surface area contributed by atoms with Crippen LogP contribution in [-0.2, 0) is 6.61 Å². The van der Waals surface area contributed by atoms with Gasteiger partial charge in [-0.05, 0) is 37.6 Å². The summed E-state index contributed by atoms with van der Waals surface area (Å²) in [5.74, 6) is -0.523. The van der Waals surface area contributed by atoms with Crippen LogP contribution >= 0.6 is 11.6 Å². The van der Waals surface area contributed by atoms with Crippen LogP contribution in [-0.4, -0.2) is 21.0 Å². The first-order valence-electron chi connectivity index (χ1n) is 6.13. The average molecular weight is 308 g/mol. The van der Waals surface area contributed by atoms with E-state index in [0.29, 0.717) is 16.5 Å². The maximum atomic E-state index is 11.3. The van der Waals surface area contributed by atoms with Crippen LogP contribution in [0.25, 0.3) is 0 Å². The minimum absolute atomic E-state index is 0.00915. The number of nitrogen functional groups attached to an aromatic ring is 1. The van der Waals surface area contributed by atoms with Crippen molar-refractivity contribution in [2.24, 2.45) is 0 Å².